The summed E-state index contributed by atoms with van der Waals surface area (Å²) in [5.74, 6) is 2.88. The van der Waals surface area contributed by atoms with Crippen molar-refractivity contribution in [1.29, 1.82) is 0 Å². The van der Waals surface area contributed by atoms with E-state index in [1.54, 1.807) is 0 Å². The molecule has 10 rings (SSSR count). The number of pyridine rings is 2. The SMILES string of the molecule is CC1(C)CCC(C)(C)c2cc(-c3ccc4c(n3)Oc3ncnc5c3B4c3ccc(-c4ccc6c(c4)C4(C)CC4CC6(C)C)nc3O5)ccc21. The smallest absolute Gasteiger partial charge is 0.269 e. The molecular weight excluding hydrogens is 603 g/mol. The van der Waals surface area contributed by atoms with Crippen LogP contribution in [0.15, 0.2) is 67.0 Å². The molecule has 1 saturated carbocycles. The van der Waals surface area contributed by atoms with Crippen molar-refractivity contribution in [3.05, 3.63) is 89.2 Å². The second-order valence-electron chi connectivity index (χ2n) is 17.4. The zero-order chi connectivity index (χ0) is 33.7. The summed E-state index contributed by atoms with van der Waals surface area (Å²) in [5.41, 5.74) is 13.4. The fraction of sp³-hybridized carbons (Fsp3) is 0.381. The van der Waals surface area contributed by atoms with Crippen molar-refractivity contribution in [2.45, 2.75) is 95.8 Å². The van der Waals surface area contributed by atoms with Crippen LogP contribution in [0.2, 0.25) is 0 Å². The Bertz CT molecular complexity index is 2160. The Morgan fingerprint density at radius 1 is 0.571 bits per heavy atom. The van der Waals surface area contributed by atoms with Gasteiger partial charge in [-0.15, -0.1) is 0 Å². The van der Waals surface area contributed by atoms with E-state index in [9.17, 15) is 0 Å². The summed E-state index contributed by atoms with van der Waals surface area (Å²) in [7, 11) is 0. The van der Waals surface area contributed by atoms with Crippen LogP contribution in [0.25, 0.3) is 22.5 Å². The van der Waals surface area contributed by atoms with Gasteiger partial charge in [0.2, 0.25) is 23.5 Å². The van der Waals surface area contributed by atoms with Gasteiger partial charge in [-0.2, -0.15) is 0 Å². The van der Waals surface area contributed by atoms with Gasteiger partial charge < -0.3 is 9.47 Å². The van der Waals surface area contributed by atoms with E-state index in [2.05, 4.69) is 119 Å². The third-order valence-electron chi connectivity index (χ3n) is 12.9. The van der Waals surface area contributed by atoms with Gasteiger partial charge >= 0.3 is 0 Å². The van der Waals surface area contributed by atoms with Gasteiger partial charge in [0.15, 0.2) is 0 Å². The molecule has 3 aliphatic carbocycles. The lowest BCUT2D eigenvalue weighted by Gasteiger charge is -2.42. The molecule has 7 heteroatoms. The fourth-order valence-electron chi connectivity index (χ4n) is 9.58. The average Bonchev–Trinajstić information content (AvgIpc) is 3.75. The summed E-state index contributed by atoms with van der Waals surface area (Å²) in [4.78, 5) is 19.4. The summed E-state index contributed by atoms with van der Waals surface area (Å²) >= 11 is 0. The average molecular weight is 645 g/mol. The van der Waals surface area contributed by atoms with Crippen LogP contribution in [-0.2, 0) is 21.7 Å². The van der Waals surface area contributed by atoms with E-state index in [0.717, 1.165) is 44.8 Å². The molecule has 2 unspecified atom stereocenters. The van der Waals surface area contributed by atoms with Crippen LogP contribution in [0, 0.1) is 5.92 Å². The van der Waals surface area contributed by atoms with Gasteiger partial charge in [0.25, 0.3) is 6.71 Å². The van der Waals surface area contributed by atoms with Crippen LogP contribution < -0.4 is 25.9 Å². The van der Waals surface area contributed by atoms with Crippen LogP contribution in [0.3, 0.4) is 0 Å². The van der Waals surface area contributed by atoms with E-state index in [0.29, 0.717) is 23.5 Å². The van der Waals surface area contributed by atoms with Gasteiger partial charge in [-0.25, -0.2) is 19.9 Å². The number of nitrogens with zero attached hydrogens (tertiary/aromatic N) is 4. The summed E-state index contributed by atoms with van der Waals surface area (Å²) in [6, 6.07) is 22.4. The van der Waals surface area contributed by atoms with Crippen LogP contribution >= 0.6 is 0 Å². The van der Waals surface area contributed by atoms with E-state index in [4.69, 9.17) is 19.4 Å². The molecule has 5 heterocycles. The van der Waals surface area contributed by atoms with Gasteiger partial charge in [-0.1, -0.05) is 84.9 Å². The van der Waals surface area contributed by atoms with E-state index in [-0.39, 0.29) is 28.4 Å². The largest absolute Gasteiger partial charge is 0.422 e. The zero-order valence-corrected chi connectivity index (χ0v) is 29.4. The summed E-state index contributed by atoms with van der Waals surface area (Å²) in [6.07, 6.45) is 6.39. The van der Waals surface area contributed by atoms with Crippen LogP contribution in [-0.4, -0.2) is 26.6 Å². The number of hydrogen-bond acceptors (Lipinski definition) is 6. The molecule has 6 nitrogen and oxygen atoms in total. The Kier molecular flexibility index (Phi) is 5.63. The van der Waals surface area contributed by atoms with Crippen LogP contribution in [0.1, 0.15) is 96.4 Å². The first-order valence-corrected chi connectivity index (χ1v) is 17.9. The standard InChI is InChI=1S/C42H41BN4O2/c1-39(2)16-17-40(3,4)28-18-23(8-10-26(28)39)32-14-12-30-35(46-32)48-37-34-38(45-22-44-37)49-36-31(43(30)34)13-15-33(47-36)24-9-11-27-29(19-24)42(7)21-25(42)20-41(27,5)6/h8-15,18-19,22,25H,16-17,20-21H2,1-7H3. The molecule has 2 aliphatic heterocycles. The summed E-state index contributed by atoms with van der Waals surface area (Å²) < 4.78 is 12.8. The highest BCUT2D eigenvalue weighted by Gasteiger charge is 2.57. The number of fused-ring (bicyclic) bond motifs is 8. The maximum atomic E-state index is 6.42. The van der Waals surface area contributed by atoms with Gasteiger partial charge in [-0.05, 0) is 111 Å². The minimum Gasteiger partial charge on any atom is -0.422 e. The Morgan fingerprint density at radius 3 is 1.69 bits per heavy atom. The highest BCUT2D eigenvalue weighted by molar-refractivity contribution is 6.98. The molecule has 49 heavy (non-hydrogen) atoms. The van der Waals surface area contributed by atoms with Crippen molar-refractivity contribution in [3.8, 4) is 46.0 Å². The molecule has 5 aromatic rings. The van der Waals surface area contributed by atoms with Crippen molar-refractivity contribution < 1.29 is 9.47 Å². The lowest BCUT2D eigenvalue weighted by Crippen LogP contribution is -2.58. The van der Waals surface area contributed by atoms with Crippen LogP contribution in [0.5, 0.6) is 23.5 Å². The van der Waals surface area contributed by atoms with Gasteiger partial charge in [0, 0.05) is 11.1 Å². The van der Waals surface area contributed by atoms with E-state index < -0.39 is 0 Å². The maximum Gasteiger partial charge on any atom is 0.269 e. The molecule has 0 saturated heterocycles. The minimum atomic E-state index is -0.194. The molecule has 244 valence electrons. The van der Waals surface area contributed by atoms with Crippen LogP contribution in [0.4, 0.5) is 0 Å². The molecule has 2 atom stereocenters. The Balaban J connectivity index is 1.05. The van der Waals surface area contributed by atoms with Gasteiger partial charge in [0.1, 0.15) is 6.33 Å². The molecule has 0 N–H and O–H groups in total. The highest BCUT2D eigenvalue weighted by atomic mass is 16.5. The molecular formula is C42H41BN4O2. The first-order valence-electron chi connectivity index (χ1n) is 17.9. The second kappa shape index (κ2) is 9.38. The fourth-order valence-corrected chi connectivity index (χ4v) is 9.58. The Labute approximate surface area is 288 Å². The number of rotatable bonds is 2. The number of ether oxygens (including phenoxy) is 2. The molecule has 0 spiro atoms. The van der Waals surface area contributed by atoms with E-state index in [1.165, 1.54) is 54.3 Å². The molecule has 0 bridgehead atoms. The Hall–Kier alpha value is -4.52. The highest BCUT2D eigenvalue weighted by Crippen LogP contribution is 2.64. The lowest BCUT2D eigenvalue weighted by atomic mass is 9.36. The van der Waals surface area contributed by atoms with Crippen molar-refractivity contribution in [2.75, 3.05) is 0 Å². The van der Waals surface area contributed by atoms with E-state index in [1.807, 2.05) is 0 Å². The Morgan fingerprint density at radius 2 is 1.10 bits per heavy atom. The molecule has 1 fully saturated rings. The lowest BCUT2D eigenvalue weighted by molar-refractivity contribution is 0.332. The predicted molar refractivity (Wildman–Crippen MR) is 195 cm³/mol. The monoisotopic (exact) mass is 644 g/mol. The van der Waals surface area contributed by atoms with Crippen molar-refractivity contribution in [2.24, 2.45) is 5.92 Å². The third kappa shape index (κ3) is 4.14. The second-order valence-corrected chi connectivity index (χ2v) is 17.4. The number of hydrogen-bond donors (Lipinski definition) is 0. The number of aromatic nitrogens is 4. The normalized spacial score (nSPS) is 23.7. The molecule has 2 aromatic carbocycles. The topological polar surface area (TPSA) is 70.0 Å². The minimum absolute atomic E-state index is 0.115. The first kappa shape index (κ1) is 29.4. The maximum absolute atomic E-state index is 6.42. The number of benzene rings is 2. The third-order valence-corrected chi connectivity index (χ3v) is 12.9. The zero-order valence-electron chi connectivity index (χ0n) is 29.4. The quantitative estimate of drug-likeness (QED) is 0.180. The first-order chi connectivity index (χ1) is 23.3. The summed E-state index contributed by atoms with van der Waals surface area (Å²) in [5, 5.41) is 0. The van der Waals surface area contributed by atoms with E-state index >= 15 is 0 Å². The molecule has 5 aliphatic rings. The van der Waals surface area contributed by atoms with Crippen molar-refractivity contribution in [3.63, 3.8) is 0 Å². The molecule has 0 radical (unpaired) electrons. The van der Waals surface area contributed by atoms with Gasteiger partial charge in [-0.3, -0.25) is 0 Å². The molecule has 3 aromatic heterocycles. The van der Waals surface area contributed by atoms with Crippen molar-refractivity contribution >= 4 is 23.1 Å². The van der Waals surface area contributed by atoms with Gasteiger partial charge in [0.05, 0.1) is 16.9 Å². The van der Waals surface area contributed by atoms with Crippen molar-refractivity contribution in [1.82, 2.24) is 19.9 Å². The summed E-state index contributed by atoms with van der Waals surface area (Å²) in [6.45, 7) is 16.5. The predicted octanol–water partition coefficient (Wildman–Crippen LogP) is 7.64. The molecule has 0 amide bonds.